The maximum atomic E-state index is 12.9. The minimum Gasteiger partial charge on any atom is -0.390 e. The van der Waals surface area contributed by atoms with E-state index in [2.05, 4.69) is 6.92 Å². The smallest absolute Gasteiger partial charge is 0.124 e. The normalized spacial score (nSPS) is 28.6. The van der Waals surface area contributed by atoms with Crippen LogP contribution in [-0.2, 0) is 6.42 Å². The lowest BCUT2D eigenvalue weighted by Gasteiger charge is -2.23. The third-order valence-corrected chi connectivity index (χ3v) is 4.15. The summed E-state index contributed by atoms with van der Waals surface area (Å²) in [4.78, 5) is 0. The third-order valence-electron chi connectivity index (χ3n) is 3.80. The highest BCUT2D eigenvalue weighted by molar-refractivity contribution is 6.31. The van der Waals surface area contributed by atoms with Crippen molar-refractivity contribution in [2.75, 3.05) is 0 Å². The molecule has 1 nitrogen and oxygen atoms in total. The monoisotopic (exact) mass is 256 g/mol. The molecule has 94 valence electrons. The van der Waals surface area contributed by atoms with Crippen molar-refractivity contribution in [2.45, 2.75) is 44.6 Å². The van der Waals surface area contributed by atoms with E-state index in [1.165, 1.54) is 12.1 Å². The molecule has 1 aromatic rings. The Kier molecular flexibility index (Phi) is 3.74. The fourth-order valence-electron chi connectivity index (χ4n) is 2.74. The summed E-state index contributed by atoms with van der Waals surface area (Å²) in [5.74, 6) is 0.280. The second-order valence-electron chi connectivity index (χ2n) is 5.15. The van der Waals surface area contributed by atoms with Crippen molar-refractivity contribution < 1.29 is 9.50 Å². The van der Waals surface area contributed by atoms with Crippen LogP contribution in [0.3, 0.4) is 0 Å². The molecule has 0 spiro atoms. The molecule has 0 saturated heterocycles. The van der Waals surface area contributed by atoms with Crippen molar-refractivity contribution >= 4 is 11.6 Å². The van der Waals surface area contributed by atoms with Crippen LogP contribution in [0, 0.1) is 11.7 Å². The van der Waals surface area contributed by atoms with Gasteiger partial charge in [0.25, 0.3) is 0 Å². The average molecular weight is 257 g/mol. The van der Waals surface area contributed by atoms with Crippen molar-refractivity contribution in [1.82, 2.24) is 0 Å². The molecule has 2 rings (SSSR count). The molecule has 1 saturated carbocycles. The molecular weight excluding hydrogens is 239 g/mol. The Hall–Kier alpha value is -0.600. The molecule has 0 aromatic heterocycles. The van der Waals surface area contributed by atoms with Crippen LogP contribution in [0.1, 0.15) is 38.2 Å². The molecule has 0 bridgehead atoms. The zero-order valence-corrected chi connectivity index (χ0v) is 10.8. The highest BCUT2D eigenvalue weighted by Gasteiger charge is 2.36. The standard InChI is InChI=1S/C14H18ClFO/c1-2-10-5-6-14(17,8-10)9-11-3-4-12(16)7-13(11)15/h3-4,7,10,17H,2,5-6,8-9H2,1H3. The first-order chi connectivity index (χ1) is 8.02. The lowest BCUT2D eigenvalue weighted by molar-refractivity contribution is 0.0437. The first kappa shape index (κ1) is 12.8. The SMILES string of the molecule is CCC1CCC(O)(Cc2ccc(F)cc2Cl)C1. The highest BCUT2D eigenvalue weighted by Crippen LogP contribution is 2.39. The van der Waals surface area contributed by atoms with Crippen LogP contribution in [0.5, 0.6) is 0 Å². The molecule has 1 aliphatic carbocycles. The largest absolute Gasteiger partial charge is 0.390 e. The average Bonchev–Trinajstić information content (AvgIpc) is 2.65. The van der Waals surface area contributed by atoms with Gasteiger partial charge >= 0.3 is 0 Å². The minimum absolute atomic E-state index is 0.330. The van der Waals surface area contributed by atoms with E-state index in [9.17, 15) is 9.50 Å². The van der Waals surface area contributed by atoms with Crippen molar-refractivity contribution in [3.8, 4) is 0 Å². The van der Waals surface area contributed by atoms with E-state index in [1.807, 2.05) is 0 Å². The van der Waals surface area contributed by atoms with Crippen LogP contribution < -0.4 is 0 Å². The molecule has 1 aliphatic rings. The minimum atomic E-state index is -0.651. The Labute approximate surface area is 107 Å². The van der Waals surface area contributed by atoms with Crippen LogP contribution in [0.2, 0.25) is 5.02 Å². The molecule has 2 atom stereocenters. The zero-order chi connectivity index (χ0) is 12.5. The molecule has 0 heterocycles. The lowest BCUT2D eigenvalue weighted by atomic mass is 9.91. The molecule has 0 aliphatic heterocycles. The Morgan fingerprint density at radius 3 is 2.88 bits per heavy atom. The quantitative estimate of drug-likeness (QED) is 0.868. The third kappa shape index (κ3) is 2.99. The molecule has 2 unspecified atom stereocenters. The van der Waals surface area contributed by atoms with Gasteiger partial charge in [-0.1, -0.05) is 31.0 Å². The molecule has 1 aromatic carbocycles. The zero-order valence-electron chi connectivity index (χ0n) is 10.0. The van der Waals surface area contributed by atoms with Gasteiger partial charge in [-0.15, -0.1) is 0 Å². The van der Waals surface area contributed by atoms with Gasteiger partial charge in [-0.05, 0) is 42.9 Å². The van der Waals surface area contributed by atoms with Crippen LogP contribution in [0.4, 0.5) is 4.39 Å². The second kappa shape index (κ2) is 4.95. The Balaban J connectivity index is 2.10. The summed E-state index contributed by atoms with van der Waals surface area (Å²) in [6.45, 7) is 2.15. The predicted molar refractivity (Wildman–Crippen MR) is 67.7 cm³/mol. The molecule has 3 heteroatoms. The molecule has 0 radical (unpaired) electrons. The van der Waals surface area contributed by atoms with Gasteiger partial charge < -0.3 is 5.11 Å². The molecule has 1 N–H and O–H groups in total. The van der Waals surface area contributed by atoms with Gasteiger partial charge in [0, 0.05) is 11.4 Å². The van der Waals surface area contributed by atoms with E-state index in [0.29, 0.717) is 17.4 Å². The van der Waals surface area contributed by atoms with Gasteiger partial charge in [-0.2, -0.15) is 0 Å². The van der Waals surface area contributed by atoms with E-state index in [-0.39, 0.29) is 5.82 Å². The maximum absolute atomic E-state index is 12.9. The van der Waals surface area contributed by atoms with Crippen molar-refractivity contribution in [2.24, 2.45) is 5.92 Å². The van der Waals surface area contributed by atoms with Crippen molar-refractivity contribution in [3.05, 3.63) is 34.6 Å². The highest BCUT2D eigenvalue weighted by atomic mass is 35.5. The molecule has 17 heavy (non-hydrogen) atoms. The molecule has 1 fully saturated rings. The number of benzene rings is 1. The number of hydrogen-bond acceptors (Lipinski definition) is 1. The van der Waals surface area contributed by atoms with Crippen LogP contribution in [-0.4, -0.2) is 10.7 Å². The maximum Gasteiger partial charge on any atom is 0.124 e. The van der Waals surface area contributed by atoms with E-state index in [0.717, 1.165) is 31.2 Å². The first-order valence-corrected chi connectivity index (χ1v) is 6.56. The lowest BCUT2D eigenvalue weighted by Crippen LogP contribution is -2.28. The second-order valence-corrected chi connectivity index (χ2v) is 5.56. The topological polar surface area (TPSA) is 20.2 Å². The Morgan fingerprint density at radius 1 is 1.53 bits per heavy atom. The number of halogens is 2. The van der Waals surface area contributed by atoms with Crippen LogP contribution >= 0.6 is 11.6 Å². The summed E-state index contributed by atoms with van der Waals surface area (Å²) < 4.78 is 12.9. The number of hydrogen-bond donors (Lipinski definition) is 1. The van der Waals surface area contributed by atoms with Gasteiger partial charge in [0.2, 0.25) is 0 Å². The van der Waals surface area contributed by atoms with Gasteiger partial charge in [-0.25, -0.2) is 4.39 Å². The Morgan fingerprint density at radius 2 is 2.29 bits per heavy atom. The molecular formula is C14H18ClFO. The first-order valence-electron chi connectivity index (χ1n) is 6.19. The van der Waals surface area contributed by atoms with E-state index in [4.69, 9.17) is 11.6 Å². The van der Waals surface area contributed by atoms with Gasteiger partial charge in [0.1, 0.15) is 5.82 Å². The summed E-state index contributed by atoms with van der Waals surface area (Å²) in [5.41, 5.74) is 0.189. The summed E-state index contributed by atoms with van der Waals surface area (Å²) in [7, 11) is 0. The fourth-order valence-corrected chi connectivity index (χ4v) is 2.98. The van der Waals surface area contributed by atoms with Crippen LogP contribution in [0.15, 0.2) is 18.2 Å². The molecule has 0 amide bonds. The summed E-state index contributed by atoms with van der Waals surface area (Å²) in [5, 5.41) is 10.9. The van der Waals surface area contributed by atoms with E-state index >= 15 is 0 Å². The predicted octanol–water partition coefficient (Wildman–Crippen LogP) is 3.96. The van der Waals surface area contributed by atoms with Gasteiger partial charge in [0.15, 0.2) is 0 Å². The van der Waals surface area contributed by atoms with Crippen LogP contribution in [0.25, 0.3) is 0 Å². The summed E-state index contributed by atoms with van der Waals surface area (Å²) in [6, 6.07) is 4.39. The summed E-state index contributed by atoms with van der Waals surface area (Å²) >= 11 is 5.99. The van der Waals surface area contributed by atoms with E-state index in [1.54, 1.807) is 6.07 Å². The number of aliphatic hydroxyl groups is 1. The summed E-state index contributed by atoms with van der Waals surface area (Å²) in [6.07, 6.45) is 4.37. The fraction of sp³-hybridized carbons (Fsp3) is 0.571. The van der Waals surface area contributed by atoms with Crippen molar-refractivity contribution in [1.29, 1.82) is 0 Å². The van der Waals surface area contributed by atoms with E-state index < -0.39 is 5.60 Å². The number of rotatable bonds is 3. The Bertz CT molecular complexity index is 407. The van der Waals surface area contributed by atoms with Gasteiger partial charge in [0.05, 0.1) is 5.60 Å². The van der Waals surface area contributed by atoms with Gasteiger partial charge in [-0.3, -0.25) is 0 Å². The van der Waals surface area contributed by atoms with Crippen molar-refractivity contribution in [3.63, 3.8) is 0 Å².